The standard InChI is InChI=1S/C34H51F3O11S/c1-18(7-10-30(41)45-14-12-28(35)34(36,37)49(42,43)44)24-8-9-25-31-26(17-29(33(24,25)6)48-21(4)40)32(5)13-11-23(46-19(2)38)15-22(32)16-27(31)47-20(3)39/h18,22-29,31H,7-17H2,1-6H3,(H,42,43,44). The van der Waals surface area contributed by atoms with Crippen LogP contribution in [0.5, 0.6) is 0 Å². The maximum Gasteiger partial charge on any atom is 0.400 e. The van der Waals surface area contributed by atoms with Crippen LogP contribution in [0.3, 0.4) is 0 Å². The molecule has 0 bridgehead atoms. The van der Waals surface area contributed by atoms with Crippen LogP contribution >= 0.6 is 0 Å². The molecule has 0 spiro atoms. The minimum absolute atomic E-state index is 0.00230. The Morgan fingerprint density at radius 3 is 2.12 bits per heavy atom. The zero-order chi connectivity index (χ0) is 36.7. The molecule has 15 heteroatoms. The van der Waals surface area contributed by atoms with E-state index in [-0.39, 0.29) is 71.5 Å². The van der Waals surface area contributed by atoms with Gasteiger partial charge in [-0.2, -0.15) is 17.2 Å². The normalized spacial score (nSPS) is 37.0. The quantitative estimate of drug-likeness (QED) is 0.147. The Balaban J connectivity index is 1.51. The summed E-state index contributed by atoms with van der Waals surface area (Å²) in [5, 5.41) is -5.02. The number of ether oxygens (including phenoxy) is 4. The first-order valence-corrected chi connectivity index (χ1v) is 18.7. The molecule has 0 saturated heterocycles. The molecule has 12 atom stereocenters. The Bertz CT molecular complexity index is 1370. The number of alkyl halides is 3. The average Bonchev–Trinajstić information content (AvgIpc) is 3.33. The van der Waals surface area contributed by atoms with E-state index in [9.17, 15) is 40.8 Å². The molecule has 4 fully saturated rings. The van der Waals surface area contributed by atoms with Gasteiger partial charge in [-0.25, -0.2) is 4.39 Å². The second-order valence-corrected chi connectivity index (χ2v) is 16.8. The van der Waals surface area contributed by atoms with Gasteiger partial charge in [-0.1, -0.05) is 20.8 Å². The van der Waals surface area contributed by atoms with Crippen molar-refractivity contribution in [1.29, 1.82) is 0 Å². The minimum atomic E-state index is -5.96. The number of halogens is 3. The predicted octanol–water partition coefficient (Wildman–Crippen LogP) is 5.83. The van der Waals surface area contributed by atoms with Crippen LogP contribution in [-0.4, -0.2) is 73.2 Å². The van der Waals surface area contributed by atoms with Gasteiger partial charge in [0.15, 0.2) is 6.17 Å². The summed E-state index contributed by atoms with van der Waals surface area (Å²) in [7, 11) is -5.96. The molecule has 11 nitrogen and oxygen atoms in total. The van der Waals surface area contributed by atoms with Crippen molar-refractivity contribution in [2.24, 2.45) is 46.3 Å². The van der Waals surface area contributed by atoms with E-state index in [1.807, 2.05) is 6.92 Å². The number of fused-ring (bicyclic) bond motifs is 5. The Kier molecular flexibility index (Phi) is 11.8. The lowest BCUT2D eigenvalue weighted by atomic mass is 9.43. The molecular weight excluding hydrogens is 673 g/mol. The molecule has 0 amide bonds. The van der Waals surface area contributed by atoms with Gasteiger partial charge in [-0.15, -0.1) is 0 Å². The van der Waals surface area contributed by atoms with Gasteiger partial charge in [-0.3, -0.25) is 23.7 Å². The lowest BCUT2D eigenvalue weighted by Crippen LogP contribution is -2.63. The highest BCUT2D eigenvalue weighted by Crippen LogP contribution is 2.69. The van der Waals surface area contributed by atoms with Gasteiger partial charge in [0.1, 0.15) is 18.3 Å². The van der Waals surface area contributed by atoms with E-state index in [1.165, 1.54) is 20.8 Å². The van der Waals surface area contributed by atoms with E-state index in [1.54, 1.807) is 0 Å². The predicted molar refractivity (Wildman–Crippen MR) is 168 cm³/mol. The molecule has 0 aromatic heterocycles. The highest BCUT2D eigenvalue weighted by Gasteiger charge is 2.67. The van der Waals surface area contributed by atoms with Gasteiger partial charge in [0.05, 0.1) is 6.61 Å². The summed E-state index contributed by atoms with van der Waals surface area (Å²) in [5.74, 6) is -1.68. The summed E-state index contributed by atoms with van der Waals surface area (Å²) in [6.45, 7) is 9.79. The first-order valence-electron chi connectivity index (χ1n) is 17.3. The van der Waals surface area contributed by atoms with Gasteiger partial charge >= 0.3 is 39.2 Å². The van der Waals surface area contributed by atoms with Crippen LogP contribution in [0, 0.1) is 46.3 Å². The lowest BCUT2D eigenvalue weighted by molar-refractivity contribution is -0.224. The zero-order valence-corrected chi connectivity index (χ0v) is 29.9. The number of hydrogen-bond donors (Lipinski definition) is 1. The SMILES string of the molecule is CC(=O)OC1CCC2(C)C(C1)CC(OC(C)=O)C1C2CC(OC(C)=O)C2(C)C(C(C)CCC(=O)OCCC(F)C(F)(F)S(=O)(=O)O)CCC12. The third-order valence-electron chi connectivity index (χ3n) is 12.5. The summed E-state index contributed by atoms with van der Waals surface area (Å²) in [6, 6.07) is 0. The van der Waals surface area contributed by atoms with Gasteiger partial charge in [0.25, 0.3) is 0 Å². The monoisotopic (exact) mass is 724 g/mol. The first-order chi connectivity index (χ1) is 22.6. The first kappa shape index (κ1) is 39.4. The van der Waals surface area contributed by atoms with Crippen molar-refractivity contribution >= 4 is 34.0 Å². The number of carbonyl (C=O) groups is 4. The van der Waals surface area contributed by atoms with Crippen molar-refractivity contribution in [3.8, 4) is 0 Å². The van der Waals surface area contributed by atoms with E-state index in [0.717, 1.165) is 25.7 Å². The molecule has 4 aliphatic carbocycles. The molecule has 12 unspecified atom stereocenters. The van der Waals surface area contributed by atoms with Gasteiger partial charge in [-0.05, 0) is 86.4 Å². The third-order valence-corrected chi connectivity index (χ3v) is 13.5. The van der Waals surface area contributed by atoms with Crippen LogP contribution in [-0.2, 0) is 48.2 Å². The van der Waals surface area contributed by atoms with Gasteiger partial charge in [0, 0.05) is 44.9 Å². The fourth-order valence-electron chi connectivity index (χ4n) is 10.3. The Morgan fingerprint density at radius 2 is 1.53 bits per heavy atom. The Hall–Kier alpha value is -2.42. The summed E-state index contributed by atoms with van der Waals surface area (Å²) < 4.78 is 93.6. The topological polar surface area (TPSA) is 160 Å². The lowest BCUT2D eigenvalue weighted by Gasteiger charge is -2.64. The number of rotatable bonds is 12. The van der Waals surface area contributed by atoms with E-state index < -0.39 is 58.0 Å². The molecule has 4 aliphatic rings. The largest absolute Gasteiger partial charge is 0.466 e. The van der Waals surface area contributed by atoms with Gasteiger partial charge < -0.3 is 18.9 Å². The summed E-state index contributed by atoms with van der Waals surface area (Å²) in [5.41, 5.74) is -0.676. The smallest absolute Gasteiger partial charge is 0.400 e. The average molecular weight is 725 g/mol. The van der Waals surface area contributed by atoms with Crippen molar-refractivity contribution in [3.63, 3.8) is 0 Å². The number of esters is 4. The van der Waals surface area contributed by atoms with Crippen molar-refractivity contribution < 1.29 is 64.3 Å². The maximum atomic E-state index is 13.8. The molecule has 0 heterocycles. The van der Waals surface area contributed by atoms with Crippen molar-refractivity contribution in [3.05, 3.63) is 0 Å². The highest BCUT2D eigenvalue weighted by molar-refractivity contribution is 7.86. The third kappa shape index (κ3) is 7.92. The van der Waals surface area contributed by atoms with Crippen LogP contribution < -0.4 is 0 Å². The van der Waals surface area contributed by atoms with Crippen LogP contribution in [0.25, 0.3) is 0 Å². The summed E-state index contributed by atoms with van der Waals surface area (Å²) in [6.07, 6.45) is -0.151. The molecule has 4 rings (SSSR count). The molecule has 0 aromatic rings. The molecule has 0 aromatic carbocycles. The maximum absolute atomic E-state index is 13.8. The number of carbonyl (C=O) groups excluding carboxylic acids is 4. The Morgan fingerprint density at radius 1 is 0.898 bits per heavy atom. The van der Waals surface area contributed by atoms with E-state index >= 15 is 0 Å². The molecule has 4 saturated carbocycles. The van der Waals surface area contributed by atoms with Crippen LogP contribution in [0.1, 0.15) is 106 Å². The van der Waals surface area contributed by atoms with Crippen LogP contribution in [0.2, 0.25) is 0 Å². The van der Waals surface area contributed by atoms with Crippen molar-refractivity contribution in [1.82, 2.24) is 0 Å². The second kappa shape index (κ2) is 14.7. The van der Waals surface area contributed by atoms with E-state index in [0.29, 0.717) is 25.7 Å². The second-order valence-electron chi connectivity index (χ2n) is 15.3. The molecule has 1 N–H and O–H groups in total. The molecular formula is C34H51F3O11S. The van der Waals surface area contributed by atoms with Crippen LogP contribution in [0.15, 0.2) is 0 Å². The van der Waals surface area contributed by atoms with Crippen molar-refractivity contribution in [2.75, 3.05) is 6.61 Å². The van der Waals surface area contributed by atoms with E-state index in [4.69, 9.17) is 23.5 Å². The zero-order valence-electron chi connectivity index (χ0n) is 29.1. The summed E-state index contributed by atoms with van der Waals surface area (Å²) >= 11 is 0. The van der Waals surface area contributed by atoms with E-state index in [2.05, 4.69) is 13.8 Å². The fourth-order valence-corrected chi connectivity index (χ4v) is 10.8. The highest BCUT2D eigenvalue weighted by atomic mass is 32.2. The fraction of sp³-hybridized carbons (Fsp3) is 0.882. The molecule has 0 radical (unpaired) electrons. The van der Waals surface area contributed by atoms with Gasteiger partial charge in [0.2, 0.25) is 0 Å². The molecule has 49 heavy (non-hydrogen) atoms. The van der Waals surface area contributed by atoms with Crippen molar-refractivity contribution in [2.45, 2.75) is 135 Å². The number of hydrogen-bond acceptors (Lipinski definition) is 10. The van der Waals surface area contributed by atoms with Crippen LogP contribution in [0.4, 0.5) is 13.2 Å². The minimum Gasteiger partial charge on any atom is -0.466 e. The molecule has 280 valence electrons. The summed E-state index contributed by atoms with van der Waals surface area (Å²) in [4.78, 5) is 49.3. The Labute approximate surface area is 286 Å². The molecule has 0 aliphatic heterocycles.